The second-order valence-electron chi connectivity index (χ2n) is 6.90. The summed E-state index contributed by atoms with van der Waals surface area (Å²) in [6.45, 7) is 0.267. The van der Waals surface area contributed by atoms with E-state index >= 15 is 0 Å². The summed E-state index contributed by atoms with van der Waals surface area (Å²) >= 11 is 0. The number of amides is 1. The summed E-state index contributed by atoms with van der Waals surface area (Å²) in [4.78, 5) is 19.4. The fourth-order valence-corrected chi connectivity index (χ4v) is 3.79. The first-order valence-corrected chi connectivity index (χ1v) is 9.14. The highest BCUT2D eigenvalue weighted by Crippen LogP contribution is 2.29. The molecule has 0 spiro atoms. The molecule has 7 heteroatoms. The second-order valence-corrected chi connectivity index (χ2v) is 6.90. The van der Waals surface area contributed by atoms with Crippen molar-refractivity contribution in [2.24, 2.45) is 12.2 Å². The molecule has 0 aliphatic carbocycles. The molecule has 4 rings (SSSR count). The number of nitrogens with zero attached hydrogens (tertiary/aromatic N) is 4. The Morgan fingerprint density at radius 3 is 2.79 bits per heavy atom. The van der Waals surface area contributed by atoms with Gasteiger partial charge < -0.3 is 14.8 Å². The lowest BCUT2D eigenvalue weighted by molar-refractivity contribution is 0.0680. The fourth-order valence-electron chi connectivity index (χ4n) is 3.79. The molecule has 1 aromatic heterocycles. The van der Waals surface area contributed by atoms with Crippen LogP contribution in [-0.4, -0.2) is 57.7 Å². The van der Waals surface area contributed by atoms with E-state index in [0.29, 0.717) is 18.5 Å². The van der Waals surface area contributed by atoms with Gasteiger partial charge in [0.25, 0.3) is 5.91 Å². The number of aryl methyl sites for hydroxylation is 1. The Balaban J connectivity index is 1.62. The largest absolute Gasteiger partial charge is 0.399 e. The number of carbonyl (C=O) groups is 1. The van der Waals surface area contributed by atoms with E-state index < -0.39 is 0 Å². The Bertz CT molecular complexity index is 1040. The number of likely N-dealkylation sites (tertiary alicyclic amines) is 1. The molecule has 144 valence electrons. The van der Waals surface area contributed by atoms with Gasteiger partial charge in [-0.15, -0.1) is 0 Å². The molecule has 1 aliphatic rings. The predicted molar refractivity (Wildman–Crippen MR) is 107 cm³/mol. The fraction of sp³-hybridized carbons (Fsp3) is 0.286. The van der Waals surface area contributed by atoms with Crippen molar-refractivity contribution in [3.63, 3.8) is 0 Å². The Kier molecular flexibility index (Phi) is 4.83. The van der Waals surface area contributed by atoms with Crippen LogP contribution >= 0.6 is 0 Å². The lowest BCUT2D eigenvalue weighted by atomic mass is 10.0. The number of aliphatic hydroxyl groups excluding tert-OH is 1. The Morgan fingerprint density at radius 2 is 2.07 bits per heavy atom. The van der Waals surface area contributed by atoms with Crippen LogP contribution in [0.4, 0.5) is 0 Å². The topological polar surface area (TPSA) is 80.0 Å². The van der Waals surface area contributed by atoms with Crippen LogP contribution in [0.2, 0.25) is 0 Å². The van der Waals surface area contributed by atoms with Crippen LogP contribution in [0.25, 0.3) is 22.0 Å². The summed E-state index contributed by atoms with van der Waals surface area (Å²) in [5, 5.41) is 19.0. The third-order valence-corrected chi connectivity index (χ3v) is 5.16. The van der Waals surface area contributed by atoms with Gasteiger partial charge in [0, 0.05) is 30.0 Å². The third-order valence-electron chi connectivity index (χ3n) is 5.16. The van der Waals surface area contributed by atoms with E-state index in [1.165, 1.54) is 7.11 Å². The SMILES string of the molecule is CO/N=C1\CC(CO)N(C(=O)c2ccc(-c3cccc4cnn(C)c34)cc2)C1. The van der Waals surface area contributed by atoms with Gasteiger partial charge in [-0.05, 0) is 17.7 Å². The van der Waals surface area contributed by atoms with Crippen molar-refractivity contribution < 1.29 is 14.7 Å². The molecular formula is C21H22N4O3. The highest BCUT2D eigenvalue weighted by molar-refractivity contribution is 6.01. The summed E-state index contributed by atoms with van der Waals surface area (Å²) in [5.41, 5.74) is 4.49. The average molecular weight is 378 g/mol. The van der Waals surface area contributed by atoms with E-state index in [-0.39, 0.29) is 18.6 Å². The first kappa shape index (κ1) is 18.2. The number of carbonyl (C=O) groups excluding carboxylic acids is 1. The maximum atomic E-state index is 12.9. The first-order chi connectivity index (χ1) is 13.6. The molecule has 1 N–H and O–H groups in total. The lowest BCUT2D eigenvalue weighted by Gasteiger charge is -2.22. The monoisotopic (exact) mass is 378 g/mol. The van der Waals surface area contributed by atoms with Gasteiger partial charge in [-0.2, -0.15) is 5.10 Å². The zero-order chi connectivity index (χ0) is 19.7. The minimum absolute atomic E-state index is 0.102. The first-order valence-electron chi connectivity index (χ1n) is 9.14. The van der Waals surface area contributed by atoms with Crippen molar-refractivity contribution in [3.8, 4) is 11.1 Å². The van der Waals surface area contributed by atoms with Crippen LogP contribution in [-0.2, 0) is 11.9 Å². The molecule has 1 fully saturated rings. The summed E-state index contributed by atoms with van der Waals surface area (Å²) in [7, 11) is 3.40. The Hall–Kier alpha value is -3.19. The number of fused-ring (bicyclic) bond motifs is 1. The van der Waals surface area contributed by atoms with E-state index in [1.807, 2.05) is 54.3 Å². The van der Waals surface area contributed by atoms with E-state index in [2.05, 4.69) is 16.3 Å². The molecule has 1 atom stereocenters. The minimum atomic E-state index is -0.274. The van der Waals surface area contributed by atoms with Gasteiger partial charge in [-0.1, -0.05) is 35.5 Å². The van der Waals surface area contributed by atoms with Crippen molar-refractivity contribution in [2.45, 2.75) is 12.5 Å². The molecule has 1 amide bonds. The van der Waals surface area contributed by atoms with Crippen molar-refractivity contribution in [1.29, 1.82) is 0 Å². The van der Waals surface area contributed by atoms with Crippen molar-refractivity contribution in [2.75, 3.05) is 20.3 Å². The van der Waals surface area contributed by atoms with E-state index in [4.69, 9.17) is 4.84 Å². The number of rotatable bonds is 4. The zero-order valence-corrected chi connectivity index (χ0v) is 15.9. The number of para-hydroxylation sites is 1. The van der Waals surface area contributed by atoms with E-state index in [0.717, 1.165) is 27.7 Å². The van der Waals surface area contributed by atoms with Crippen LogP contribution < -0.4 is 0 Å². The van der Waals surface area contributed by atoms with Gasteiger partial charge in [0.05, 0.1) is 36.6 Å². The van der Waals surface area contributed by atoms with Gasteiger partial charge >= 0.3 is 0 Å². The number of hydrogen-bond donors (Lipinski definition) is 1. The van der Waals surface area contributed by atoms with Gasteiger partial charge in [0.2, 0.25) is 0 Å². The summed E-state index contributed by atoms with van der Waals surface area (Å²) in [6, 6.07) is 13.4. The maximum absolute atomic E-state index is 12.9. The minimum Gasteiger partial charge on any atom is -0.399 e. The highest BCUT2D eigenvalue weighted by atomic mass is 16.6. The predicted octanol–water partition coefficient (Wildman–Crippen LogP) is 2.45. The number of benzene rings is 2. The van der Waals surface area contributed by atoms with Gasteiger partial charge in [0.1, 0.15) is 7.11 Å². The summed E-state index contributed by atoms with van der Waals surface area (Å²) in [5.74, 6) is -0.120. The Morgan fingerprint density at radius 1 is 1.29 bits per heavy atom. The third kappa shape index (κ3) is 3.14. The molecule has 28 heavy (non-hydrogen) atoms. The van der Waals surface area contributed by atoms with Crippen molar-refractivity contribution in [3.05, 3.63) is 54.2 Å². The van der Waals surface area contributed by atoms with Crippen LogP contribution in [0.15, 0.2) is 53.8 Å². The van der Waals surface area contributed by atoms with Gasteiger partial charge in [-0.3, -0.25) is 9.48 Å². The molecule has 2 aromatic carbocycles. The molecule has 1 unspecified atom stereocenters. The lowest BCUT2D eigenvalue weighted by Crippen LogP contribution is -2.37. The van der Waals surface area contributed by atoms with Crippen LogP contribution in [0.5, 0.6) is 0 Å². The van der Waals surface area contributed by atoms with Gasteiger partial charge in [-0.25, -0.2) is 0 Å². The molecule has 0 bridgehead atoms. The highest BCUT2D eigenvalue weighted by Gasteiger charge is 2.33. The number of oxime groups is 1. The second kappa shape index (κ2) is 7.44. The molecule has 7 nitrogen and oxygen atoms in total. The number of aliphatic hydroxyl groups is 1. The standard InChI is InChI=1S/C21H22N4O3/c1-24-20-16(11-22-24)4-3-5-19(20)14-6-8-15(9-7-14)21(27)25-12-17(23-28-2)10-18(25)13-26/h3-9,11,18,26H,10,12-13H2,1-2H3/b23-17+. The molecule has 3 aromatic rings. The van der Waals surface area contributed by atoms with Crippen molar-refractivity contribution >= 4 is 22.5 Å². The van der Waals surface area contributed by atoms with Crippen LogP contribution in [0, 0.1) is 0 Å². The van der Waals surface area contributed by atoms with Crippen LogP contribution in [0.3, 0.4) is 0 Å². The smallest absolute Gasteiger partial charge is 0.254 e. The molecule has 1 saturated heterocycles. The quantitative estimate of drug-likeness (QED) is 0.707. The normalized spacial score (nSPS) is 18.2. The molecular weight excluding hydrogens is 356 g/mol. The van der Waals surface area contributed by atoms with E-state index in [9.17, 15) is 9.90 Å². The molecule has 0 saturated carbocycles. The van der Waals surface area contributed by atoms with Crippen molar-refractivity contribution in [1.82, 2.24) is 14.7 Å². The molecule has 1 aliphatic heterocycles. The summed E-state index contributed by atoms with van der Waals surface area (Å²) in [6.07, 6.45) is 2.37. The number of aromatic nitrogens is 2. The maximum Gasteiger partial charge on any atom is 0.254 e. The van der Waals surface area contributed by atoms with Gasteiger partial charge in [0.15, 0.2) is 0 Å². The zero-order valence-electron chi connectivity index (χ0n) is 15.9. The average Bonchev–Trinajstić information content (AvgIpc) is 3.31. The molecule has 2 heterocycles. The van der Waals surface area contributed by atoms with Crippen LogP contribution in [0.1, 0.15) is 16.8 Å². The molecule has 0 radical (unpaired) electrons. The summed E-state index contributed by atoms with van der Waals surface area (Å²) < 4.78 is 1.86. The number of hydrogen-bond acceptors (Lipinski definition) is 5. The van der Waals surface area contributed by atoms with E-state index in [1.54, 1.807) is 4.90 Å². The Labute approximate surface area is 162 Å².